The number of amides is 1. The van der Waals surface area contributed by atoms with E-state index < -0.39 is 0 Å². The average molecular weight is 456 g/mol. The number of nitrogens with zero attached hydrogens (tertiary/aromatic N) is 3. The maximum Gasteiger partial charge on any atom is 0.227 e. The molecular weight excluding hydrogens is 426 g/mol. The fraction of sp³-hybridized carbons (Fsp3) is 0.286. The molecule has 34 heavy (non-hydrogen) atoms. The first kappa shape index (κ1) is 22.0. The SMILES string of the molecule is COc1cccc(N2CC(c3nc4ccccc4n3CCCOc3ccc(C)cc3)CC2=O)c1. The van der Waals surface area contributed by atoms with Crippen molar-refractivity contribution in [3.8, 4) is 11.5 Å². The van der Waals surface area contributed by atoms with Gasteiger partial charge in [-0.05, 0) is 49.7 Å². The Morgan fingerprint density at radius 2 is 1.82 bits per heavy atom. The highest BCUT2D eigenvalue weighted by molar-refractivity contribution is 5.96. The number of para-hydroxylation sites is 2. The number of aryl methyl sites for hydroxylation is 2. The van der Waals surface area contributed by atoms with Crippen LogP contribution in [0.1, 0.15) is 30.1 Å². The van der Waals surface area contributed by atoms with E-state index in [9.17, 15) is 4.79 Å². The molecular formula is C28H29N3O3. The molecule has 1 atom stereocenters. The van der Waals surface area contributed by atoms with Crippen molar-refractivity contribution < 1.29 is 14.3 Å². The van der Waals surface area contributed by atoms with Crippen LogP contribution >= 0.6 is 0 Å². The molecule has 4 aromatic rings. The van der Waals surface area contributed by atoms with Gasteiger partial charge in [-0.1, -0.05) is 35.9 Å². The highest BCUT2D eigenvalue weighted by atomic mass is 16.5. The van der Waals surface area contributed by atoms with Gasteiger partial charge in [0.05, 0.1) is 24.8 Å². The third-order valence-corrected chi connectivity index (χ3v) is 6.36. The lowest BCUT2D eigenvalue weighted by Gasteiger charge is -2.18. The molecule has 1 aromatic heterocycles. The van der Waals surface area contributed by atoms with Gasteiger partial charge in [0.25, 0.3) is 0 Å². The van der Waals surface area contributed by atoms with E-state index in [1.807, 2.05) is 59.5 Å². The summed E-state index contributed by atoms with van der Waals surface area (Å²) in [6, 6.07) is 24.0. The van der Waals surface area contributed by atoms with E-state index in [1.54, 1.807) is 7.11 Å². The molecule has 0 saturated carbocycles. The lowest BCUT2D eigenvalue weighted by Crippen LogP contribution is -2.24. The maximum absolute atomic E-state index is 13.0. The third kappa shape index (κ3) is 4.49. The quantitative estimate of drug-likeness (QED) is 0.337. The lowest BCUT2D eigenvalue weighted by atomic mass is 10.1. The molecule has 6 nitrogen and oxygen atoms in total. The van der Waals surface area contributed by atoms with Crippen molar-refractivity contribution in [1.82, 2.24) is 9.55 Å². The van der Waals surface area contributed by atoms with Crippen LogP contribution in [-0.2, 0) is 11.3 Å². The van der Waals surface area contributed by atoms with Gasteiger partial charge < -0.3 is 18.9 Å². The van der Waals surface area contributed by atoms with Crippen LogP contribution in [0, 0.1) is 6.92 Å². The molecule has 1 fully saturated rings. The fourth-order valence-corrected chi connectivity index (χ4v) is 4.60. The van der Waals surface area contributed by atoms with Crippen LogP contribution in [-0.4, -0.2) is 35.7 Å². The Morgan fingerprint density at radius 1 is 1.00 bits per heavy atom. The molecule has 1 amide bonds. The average Bonchev–Trinajstić information content (AvgIpc) is 3.43. The maximum atomic E-state index is 13.0. The fourth-order valence-electron chi connectivity index (χ4n) is 4.60. The first-order valence-corrected chi connectivity index (χ1v) is 11.7. The monoisotopic (exact) mass is 455 g/mol. The summed E-state index contributed by atoms with van der Waals surface area (Å²) in [6.07, 6.45) is 1.29. The summed E-state index contributed by atoms with van der Waals surface area (Å²) in [7, 11) is 1.64. The largest absolute Gasteiger partial charge is 0.497 e. The second-order valence-corrected chi connectivity index (χ2v) is 8.73. The van der Waals surface area contributed by atoms with Gasteiger partial charge in [-0.3, -0.25) is 4.79 Å². The number of ether oxygens (including phenoxy) is 2. The van der Waals surface area contributed by atoms with E-state index >= 15 is 0 Å². The van der Waals surface area contributed by atoms with Crippen molar-refractivity contribution in [1.29, 1.82) is 0 Å². The Kier molecular flexibility index (Phi) is 6.21. The number of hydrogen-bond donors (Lipinski definition) is 0. The number of benzene rings is 3. The molecule has 1 aliphatic heterocycles. The van der Waals surface area contributed by atoms with Crippen LogP contribution in [0.5, 0.6) is 11.5 Å². The zero-order valence-corrected chi connectivity index (χ0v) is 19.6. The van der Waals surface area contributed by atoms with Gasteiger partial charge in [0.15, 0.2) is 0 Å². The molecule has 0 bridgehead atoms. The van der Waals surface area contributed by atoms with Gasteiger partial charge >= 0.3 is 0 Å². The van der Waals surface area contributed by atoms with Crippen LogP contribution in [0.3, 0.4) is 0 Å². The highest BCUT2D eigenvalue weighted by Crippen LogP contribution is 2.34. The summed E-state index contributed by atoms with van der Waals surface area (Å²) in [5.41, 5.74) is 4.14. The van der Waals surface area contributed by atoms with Gasteiger partial charge in [-0.15, -0.1) is 0 Å². The zero-order chi connectivity index (χ0) is 23.5. The highest BCUT2D eigenvalue weighted by Gasteiger charge is 2.35. The van der Waals surface area contributed by atoms with E-state index in [4.69, 9.17) is 14.5 Å². The van der Waals surface area contributed by atoms with Crippen molar-refractivity contribution in [2.24, 2.45) is 0 Å². The predicted molar refractivity (Wildman–Crippen MR) is 134 cm³/mol. The smallest absolute Gasteiger partial charge is 0.227 e. The molecule has 0 aliphatic carbocycles. The summed E-state index contributed by atoms with van der Waals surface area (Å²) in [6.45, 7) is 4.08. The Bertz CT molecular complexity index is 1300. The molecule has 5 rings (SSSR count). The van der Waals surface area contributed by atoms with Gasteiger partial charge in [-0.25, -0.2) is 4.98 Å². The van der Waals surface area contributed by atoms with Gasteiger partial charge in [-0.2, -0.15) is 0 Å². The summed E-state index contributed by atoms with van der Waals surface area (Å²) >= 11 is 0. The molecule has 6 heteroatoms. The first-order chi connectivity index (χ1) is 16.6. The van der Waals surface area contributed by atoms with Crippen molar-refractivity contribution in [3.63, 3.8) is 0 Å². The predicted octanol–water partition coefficient (Wildman–Crippen LogP) is 5.34. The molecule has 0 N–H and O–H groups in total. The molecule has 1 unspecified atom stereocenters. The second kappa shape index (κ2) is 9.59. The van der Waals surface area contributed by atoms with Crippen LogP contribution in [0.4, 0.5) is 5.69 Å². The Balaban J connectivity index is 1.34. The molecule has 1 saturated heterocycles. The van der Waals surface area contributed by atoms with Crippen molar-refractivity contribution in [2.75, 3.05) is 25.2 Å². The Morgan fingerprint density at radius 3 is 2.65 bits per heavy atom. The van der Waals surface area contributed by atoms with E-state index in [2.05, 4.69) is 29.7 Å². The summed E-state index contributed by atoms with van der Waals surface area (Å²) in [5.74, 6) is 2.74. The third-order valence-electron chi connectivity index (χ3n) is 6.36. The molecule has 0 radical (unpaired) electrons. The number of imidazole rings is 1. The second-order valence-electron chi connectivity index (χ2n) is 8.73. The first-order valence-electron chi connectivity index (χ1n) is 11.7. The number of hydrogen-bond acceptors (Lipinski definition) is 4. The summed E-state index contributed by atoms with van der Waals surface area (Å²) < 4.78 is 13.6. The number of methoxy groups -OCH3 is 1. The topological polar surface area (TPSA) is 56.6 Å². The number of carbonyl (C=O) groups excluding carboxylic acids is 1. The minimum absolute atomic E-state index is 0.0316. The minimum Gasteiger partial charge on any atom is -0.497 e. The van der Waals surface area contributed by atoms with E-state index in [-0.39, 0.29) is 11.8 Å². The van der Waals surface area contributed by atoms with Crippen LogP contribution < -0.4 is 14.4 Å². The molecule has 0 spiro atoms. The lowest BCUT2D eigenvalue weighted by molar-refractivity contribution is -0.117. The number of aromatic nitrogens is 2. The molecule has 3 aromatic carbocycles. The van der Waals surface area contributed by atoms with Crippen LogP contribution in [0.25, 0.3) is 11.0 Å². The van der Waals surface area contributed by atoms with E-state index in [0.29, 0.717) is 19.6 Å². The van der Waals surface area contributed by atoms with Gasteiger partial charge in [0.1, 0.15) is 17.3 Å². The van der Waals surface area contributed by atoms with E-state index in [1.165, 1.54) is 5.56 Å². The van der Waals surface area contributed by atoms with Crippen molar-refractivity contribution >= 4 is 22.6 Å². The van der Waals surface area contributed by atoms with Crippen molar-refractivity contribution in [2.45, 2.75) is 32.2 Å². The molecule has 174 valence electrons. The Labute approximate surface area is 199 Å². The van der Waals surface area contributed by atoms with Crippen LogP contribution in [0.15, 0.2) is 72.8 Å². The number of carbonyl (C=O) groups is 1. The van der Waals surface area contributed by atoms with Gasteiger partial charge in [0.2, 0.25) is 5.91 Å². The van der Waals surface area contributed by atoms with Crippen molar-refractivity contribution in [3.05, 3.63) is 84.2 Å². The summed E-state index contributed by atoms with van der Waals surface area (Å²) in [5, 5.41) is 0. The summed E-state index contributed by atoms with van der Waals surface area (Å²) in [4.78, 5) is 19.8. The number of fused-ring (bicyclic) bond motifs is 1. The molecule has 1 aliphatic rings. The van der Waals surface area contributed by atoms with E-state index in [0.717, 1.165) is 47.0 Å². The van der Waals surface area contributed by atoms with Gasteiger partial charge in [0, 0.05) is 37.2 Å². The Hall–Kier alpha value is -3.80. The zero-order valence-electron chi connectivity index (χ0n) is 19.6. The normalized spacial score (nSPS) is 15.8. The van der Waals surface area contributed by atoms with Crippen LogP contribution in [0.2, 0.25) is 0 Å². The minimum atomic E-state index is 0.0316. The molecule has 2 heterocycles. The standard InChI is InChI=1S/C28H29N3O3/c1-20-11-13-23(14-12-20)34-16-6-15-30-26-10-4-3-9-25(26)29-28(30)21-17-27(32)31(19-21)22-7-5-8-24(18-22)33-2/h3-5,7-14,18,21H,6,15-17,19H2,1-2H3. The number of rotatable bonds is 8. The number of anilines is 1.